The van der Waals surface area contributed by atoms with Crippen molar-refractivity contribution in [2.24, 2.45) is 0 Å². The SMILES string of the molecule is N#Cc1cccc(OCC(=O)c2ccc3c(c2)CCC3)c1. The van der Waals surface area contributed by atoms with Gasteiger partial charge in [0.15, 0.2) is 12.4 Å². The number of fused-ring (bicyclic) bond motifs is 1. The highest BCUT2D eigenvalue weighted by Crippen LogP contribution is 2.23. The first-order chi connectivity index (χ1) is 10.3. The fraction of sp³-hybridized carbons (Fsp3) is 0.222. The van der Waals surface area contributed by atoms with Crippen molar-refractivity contribution in [1.82, 2.24) is 0 Å². The largest absolute Gasteiger partial charge is 0.485 e. The van der Waals surface area contributed by atoms with Crippen LogP contribution < -0.4 is 4.74 Å². The first-order valence-electron chi connectivity index (χ1n) is 7.04. The Bertz CT molecular complexity index is 728. The van der Waals surface area contributed by atoms with Crippen LogP contribution in [0.1, 0.15) is 33.5 Å². The van der Waals surface area contributed by atoms with Gasteiger partial charge in [0.1, 0.15) is 5.75 Å². The molecule has 0 amide bonds. The zero-order valence-corrected chi connectivity index (χ0v) is 11.6. The fourth-order valence-electron chi connectivity index (χ4n) is 2.63. The fourth-order valence-corrected chi connectivity index (χ4v) is 2.63. The summed E-state index contributed by atoms with van der Waals surface area (Å²) >= 11 is 0. The molecule has 0 aliphatic heterocycles. The molecule has 21 heavy (non-hydrogen) atoms. The molecule has 2 aromatic rings. The second kappa shape index (κ2) is 5.80. The second-order valence-corrected chi connectivity index (χ2v) is 5.19. The van der Waals surface area contributed by atoms with Gasteiger partial charge in [0.2, 0.25) is 0 Å². The van der Waals surface area contributed by atoms with E-state index < -0.39 is 0 Å². The summed E-state index contributed by atoms with van der Waals surface area (Å²) in [4.78, 5) is 12.2. The maximum atomic E-state index is 12.2. The zero-order chi connectivity index (χ0) is 14.7. The van der Waals surface area contributed by atoms with Gasteiger partial charge in [0.05, 0.1) is 11.6 Å². The third-order valence-corrected chi connectivity index (χ3v) is 3.75. The van der Waals surface area contributed by atoms with Crippen LogP contribution in [0, 0.1) is 11.3 Å². The molecule has 0 aromatic heterocycles. The third-order valence-electron chi connectivity index (χ3n) is 3.75. The van der Waals surface area contributed by atoms with E-state index in [1.54, 1.807) is 24.3 Å². The molecule has 0 spiro atoms. The molecular weight excluding hydrogens is 262 g/mol. The number of carbonyl (C=O) groups is 1. The predicted octanol–water partition coefficient (Wildman–Crippen LogP) is 3.31. The maximum absolute atomic E-state index is 12.2. The van der Waals surface area contributed by atoms with Crippen LogP contribution in [0.2, 0.25) is 0 Å². The van der Waals surface area contributed by atoms with Crippen molar-refractivity contribution in [3.05, 3.63) is 64.7 Å². The van der Waals surface area contributed by atoms with Gasteiger partial charge in [0, 0.05) is 5.56 Å². The molecule has 2 aromatic carbocycles. The topological polar surface area (TPSA) is 50.1 Å². The number of aryl methyl sites for hydroxylation is 2. The number of Topliss-reactive ketones (excluding diaryl/α,β-unsaturated/α-hetero) is 1. The average molecular weight is 277 g/mol. The Labute approximate surface area is 123 Å². The predicted molar refractivity (Wildman–Crippen MR) is 79.4 cm³/mol. The summed E-state index contributed by atoms with van der Waals surface area (Å²) in [6.45, 7) is -0.00628. The first kappa shape index (κ1) is 13.4. The van der Waals surface area contributed by atoms with E-state index in [9.17, 15) is 4.79 Å². The summed E-state index contributed by atoms with van der Waals surface area (Å²) in [5.74, 6) is 0.510. The first-order valence-corrected chi connectivity index (χ1v) is 7.04. The van der Waals surface area contributed by atoms with Crippen LogP contribution in [-0.4, -0.2) is 12.4 Å². The molecule has 1 aliphatic rings. The number of benzene rings is 2. The molecule has 3 nitrogen and oxygen atoms in total. The van der Waals surface area contributed by atoms with Gasteiger partial charge in [-0.2, -0.15) is 5.26 Å². The Morgan fingerprint density at radius 3 is 2.86 bits per heavy atom. The molecule has 0 saturated carbocycles. The van der Waals surface area contributed by atoms with E-state index >= 15 is 0 Å². The van der Waals surface area contributed by atoms with Gasteiger partial charge >= 0.3 is 0 Å². The van der Waals surface area contributed by atoms with E-state index in [-0.39, 0.29) is 12.4 Å². The van der Waals surface area contributed by atoms with Crippen LogP contribution >= 0.6 is 0 Å². The molecule has 0 atom stereocenters. The van der Waals surface area contributed by atoms with Gasteiger partial charge in [-0.1, -0.05) is 18.2 Å². The molecule has 3 rings (SSSR count). The van der Waals surface area contributed by atoms with Crippen molar-refractivity contribution in [3.8, 4) is 11.8 Å². The number of hydrogen-bond acceptors (Lipinski definition) is 3. The average Bonchev–Trinajstić information content (AvgIpc) is 3.00. The van der Waals surface area contributed by atoms with E-state index in [0.29, 0.717) is 16.9 Å². The maximum Gasteiger partial charge on any atom is 0.200 e. The van der Waals surface area contributed by atoms with Gasteiger partial charge in [0.25, 0.3) is 0 Å². The van der Waals surface area contributed by atoms with E-state index in [1.807, 2.05) is 24.3 Å². The molecule has 0 radical (unpaired) electrons. The van der Waals surface area contributed by atoms with Crippen LogP contribution in [0.15, 0.2) is 42.5 Å². The molecule has 3 heteroatoms. The van der Waals surface area contributed by atoms with Crippen molar-refractivity contribution in [1.29, 1.82) is 5.26 Å². The molecular formula is C18H15NO2. The van der Waals surface area contributed by atoms with Gasteiger partial charge < -0.3 is 4.74 Å². The molecule has 1 aliphatic carbocycles. The summed E-state index contributed by atoms with van der Waals surface area (Å²) in [5.41, 5.74) is 3.87. The van der Waals surface area contributed by atoms with Crippen LogP contribution in [0.25, 0.3) is 0 Å². The lowest BCUT2D eigenvalue weighted by Gasteiger charge is -2.07. The number of rotatable bonds is 4. The summed E-state index contributed by atoms with van der Waals surface area (Å²) in [6, 6.07) is 14.8. The molecule has 104 valence electrons. The van der Waals surface area contributed by atoms with Crippen LogP contribution in [0.5, 0.6) is 5.75 Å². The van der Waals surface area contributed by atoms with E-state index in [2.05, 4.69) is 0 Å². The Balaban J connectivity index is 1.68. The smallest absolute Gasteiger partial charge is 0.200 e. The monoisotopic (exact) mass is 277 g/mol. The molecule has 0 N–H and O–H groups in total. The van der Waals surface area contributed by atoms with Crippen molar-refractivity contribution >= 4 is 5.78 Å². The van der Waals surface area contributed by atoms with Crippen molar-refractivity contribution in [2.45, 2.75) is 19.3 Å². The van der Waals surface area contributed by atoms with E-state index in [4.69, 9.17) is 10.00 Å². The standard InChI is InChI=1S/C18H15NO2/c19-11-13-3-1-6-17(9-13)21-12-18(20)16-8-7-14-4-2-5-15(14)10-16/h1,3,6-10H,2,4-5,12H2. The second-order valence-electron chi connectivity index (χ2n) is 5.19. The third kappa shape index (κ3) is 2.95. The highest BCUT2D eigenvalue weighted by Gasteiger charge is 2.14. The Hall–Kier alpha value is -2.60. The Kier molecular flexibility index (Phi) is 3.70. The lowest BCUT2D eigenvalue weighted by Crippen LogP contribution is -2.12. The Morgan fingerprint density at radius 1 is 1.14 bits per heavy atom. The van der Waals surface area contributed by atoms with Crippen LogP contribution in [0.3, 0.4) is 0 Å². The molecule has 0 bridgehead atoms. The number of ether oxygens (including phenoxy) is 1. The summed E-state index contributed by atoms with van der Waals surface area (Å²) in [6.07, 6.45) is 3.34. The summed E-state index contributed by atoms with van der Waals surface area (Å²) in [7, 11) is 0. The summed E-state index contributed by atoms with van der Waals surface area (Å²) < 4.78 is 5.48. The number of nitriles is 1. The highest BCUT2D eigenvalue weighted by atomic mass is 16.5. The van der Waals surface area contributed by atoms with E-state index in [1.165, 1.54) is 17.5 Å². The van der Waals surface area contributed by atoms with Crippen molar-refractivity contribution in [3.63, 3.8) is 0 Å². The normalized spacial score (nSPS) is 12.5. The van der Waals surface area contributed by atoms with Gasteiger partial charge in [-0.15, -0.1) is 0 Å². The van der Waals surface area contributed by atoms with Gasteiger partial charge in [-0.3, -0.25) is 4.79 Å². The summed E-state index contributed by atoms with van der Waals surface area (Å²) in [5, 5.41) is 8.83. The zero-order valence-electron chi connectivity index (χ0n) is 11.6. The van der Waals surface area contributed by atoms with Crippen molar-refractivity contribution < 1.29 is 9.53 Å². The number of nitrogens with zero attached hydrogens (tertiary/aromatic N) is 1. The van der Waals surface area contributed by atoms with Crippen LogP contribution in [0.4, 0.5) is 0 Å². The minimum atomic E-state index is -0.0351. The number of ketones is 1. The van der Waals surface area contributed by atoms with Crippen molar-refractivity contribution in [2.75, 3.05) is 6.61 Å². The quantitative estimate of drug-likeness (QED) is 0.806. The lowest BCUT2D eigenvalue weighted by molar-refractivity contribution is 0.0921. The minimum absolute atomic E-state index is 0.00628. The minimum Gasteiger partial charge on any atom is -0.485 e. The number of hydrogen-bond donors (Lipinski definition) is 0. The molecule has 0 heterocycles. The molecule has 0 unspecified atom stereocenters. The van der Waals surface area contributed by atoms with Gasteiger partial charge in [-0.05, 0) is 54.7 Å². The van der Waals surface area contributed by atoms with Gasteiger partial charge in [-0.25, -0.2) is 0 Å². The van der Waals surface area contributed by atoms with Crippen LogP contribution in [-0.2, 0) is 12.8 Å². The lowest BCUT2D eigenvalue weighted by atomic mass is 10.0. The molecule has 0 saturated heterocycles. The molecule has 0 fully saturated rings. The Morgan fingerprint density at radius 2 is 2.00 bits per heavy atom. The van der Waals surface area contributed by atoms with E-state index in [0.717, 1.165) is 12.8 Å². The highest BCUT2D eigenvalue weighted by molar-refractivity contribution is 5.97. The number of carbonyl (C=O) groups excluding carboxylic acids is 1.